The van der Waals surface area contributed by atoms with Gasteiger partial charge in [0, 0.05) is 5.54 Å². The third kappa shape index (κ3) is 2.80. The number of benzene rings is 2. The van der Waals surface area contributed by atoms with Gasteiger partial charge in [-0.1, -0.05) is 36.4 Å². The zero-order valence-corrected chi connectivity index (χ0v) is 12.6. The molecule has 1 unspecified atom stereocenters. The van der Waals surface area contributed by atoms with Crippen molar-refractivity contribution in [2.24, 2.45) is 0 Å². The summed E-state index contributed by atoms with van der Waals surface area (Å²) in [6, 6.07) is 15.6. The number of likely N-dealkylation sites (N-methyl/N-ethyl adjacent to an activating group) is 2. The molecule has 0 saturated heterocycles. The lowest BCUT2D eigenvalue weighted by Crippen LogP contribution is -2.48. The Kier molecular flexibility index (Phi) is 3.93. The molecule has 1 N–H and O–H groups in total. The molecule has 102 valence electrons. The fourth-order valence-electron chi connectivity index (χ4n) is 2.87. The van der Waals surface area contributed by atoms with E-state index in [-0.39, 0.29) is 5.54 Å². The van der Waals surface area contributed by atoms with Crippen LogP contribution in [0.1, 0.15) is 25.5 Å². The monoisotopic (exact) mass is 256 g/mol. The Labute approximate surface area is 116 Å². The van der Waals surface area contributed by atoms with Gasteiger partial charge >= 0.3 is 0 Å². The number of hydrogen-bond acceptors (Lipinski definition) is 2. The molecule has 19 heavy (non-hydrogen) atoms. The van der Waals surface area contributed by atoms with Gasteiger partial charge in [0.05, 0.1) is 6.04 Å². The fraction of sp³-hybridized carbons (Fsp3) is 0.412. The van der Waals surface area contributed by atoms with E-state index in [9.17, 15) is 0 Å². The van der Waals surface area contributed by atoms with Gasteiger partial charge in [0.2, 0.25) is 0 Å². The van der Waals surface area contributed by atoms with Crippen molar-refractivity contribution in [1.29, 1.82) is 0 Å². The first-order valence-corrected chi connectivity index (χ1v) is 6.80. The molecular weight excluding hydrogens is 232 g/mol. The van der Waals surface area contributed by atoms with Crippen LogP contribution in [0.4, 0.5) is 0 Å². The van der Waals surface area contributed by atoms with Crippen LogP contribution in [0.2, 0.25) is 0 Å². The van der Waals surface area contributed by atoms with Crippen LogP contribution >= 0.6 is 0 Å². The summed E-state index contributed by atoms with van der Waals surface area (Å²) in [7, 11) is 6.30. The topological polar surface area (TPSA) is 15.3 Å². The van der Waals surface area contributed by atoms with Gasteiger partial charge in [-0.3, -0.25) is 0 Å². The fourth-order valence-corrected chi connectivity index (χ4v) is 2.87. The normalized spacial score (nSPS) is 14.0. The van der Waals surface area contributed by atoms with Crippen molar-refractivity contribution in [3.63, 3.8) is 0 Å². The van der Waals surface area contributed by atoms with Crippen molar-refractivity contribution in [2.75, 3.05) is 21.1 Å². The summed E-state index contributed by atoms with van der Waals surface area (Å²) in [5.74, 6) is 0. The summed E-state index contributed by atoms with van der Waals surface area (Å²) < 4.78 is 0. The van der Waals surface area contributed by atoms with Crippen LogP contribution in [0.3, 0.4) is 0 Å². The number of fused-ring (bicyclic) bond motifs is 1. The van der Waals surface area contributed by atoms with Crippen LogP contribution in [0.25, 0.3) is 10.8 Å². The zero-order chi connectivity index (χ0) is 14.0. The minimum Gasteiger partial charge on any atom is -0.313 e. The quantitative estimate of drug-likeness (QED) is 0.901. The van der Waals surface area contributed by atoms with Crippen molar-refractivity contribution >= 4 is 10.8 Å². The van der Waals surface area contributed by atoms with Gasteiger partial charge in [0.15, 0.2) is 0 Å². The van der Waals surface area contributed by atoms with Crippen molar-refractivity contribution < 1.29 is 0 Å². The zero-order valence-electron chi connectivity index (χ0n) is 12.6. The Morgan fingerprint density at radius 3 is 2.21 bits per heavy atom. The first-order chi connectivity index (χ1) is 8.95. The number of nitrogens with zero attached hydrogens (tertiary/aromatic N) is 1. The molecule has 0 heterocycles. The highest BCUT2D eigenvalue weighted by Gasteiger charge is 2.30. The largest absolute Gasteiger partial charge is 0.313 e. The minimum absolute atomic E-state index is 0.0198. The molecule has 0 spiro atoms. The molecule has 0 fully saturated rings. The lowest BCUT2D eigenvalue weighted by molar-refractivity contribution is 0.177. The maximum Gasteiger partial charge on any atom is 0.0519 e. The third-order valence-corrected chi connectivity index (χ3v) is 3.93. The molecule has 0 aliphatic heterocycles. The summed E-state index contributed by atoms with van der Waals surface area (Å²) in [5, 5.41) is 6.03. The van der Waals surface area contributed by atoms with E-state index in [2.05, 4.69) is 80.6 Å². The number of hydrogen-bond donors (Lipinski definition) is 1. The van der Waals surface area contributed by atoms with E-state index in [1.165, 1.54) is 16.3 Å². The molecule has 0 amide bonds. The Balaban J connectivity index is 2.51. The average Bonchev–Trinajstić information content (AvgIpc) is 2.38. The molecular formula is C17H24N2. The molecule has 0 aliphatic rings. The maximum atomic E-state index is 3.43. The molecule has 2 rings (SSSR count). The molecule has 0 bridgehead atoms. The van der Waals surface area contributed by atoms with Gasteiger partial charge in [0.1, 0.15) is 0 Å². The number of nitrogens with one attached hydrogen (secondary N) is 1. The first-order valence-electron chi connectivity index (χ1n) is 6.80. The van der Waals surface area contributed by atoms with E-state index in [0.717, 1.165) is 0 Å². The van der Waals surface area contributed by atoms with Gasteiger partial charge < -0.3 is 10.2 Å². The van der Waals surface area contributed by atoms with Gasteiger partial charge in [0.25, 0.3) is 0 Å². The molecule has 1 atom stereocenters. The third-order valence-electron chi connectivity index (χ3n) is 3.93. The van der Waals surface area contributed by atoms with Gasteiger partial charge in [-0.2, -0.15) is 0 Å². The van der Waals surface area contributed by atoms with E-state index in [4.69, 9.17) is 0 Å². The predicted octanol–water partition coefficient (Wildman–Crippen LogP) is 3.44. The second-order valence-electron chi connectivity index (χ2n) is 5.94. The molecule has 2 aromatic carbocycles. The van der Waals surface area contributed by atoms with Crippen molar-refractivity contribution in [1.82, 2.24) is 10.2 Å². The molecule has 2 heteroatoms. The number of rotatable bonds is 4. The van der Waals surface area contributed by atoms with Crippen molar-refractivity contribution in [3.05, 3.63) is 48.0 Å². The molecule has 2 aromatic rings. The summed E-state index contributed by atoms with van der Waals surface area (Å²) in [6.07, 6.45) is 0. The Morgan fingerprint density at radius 2 is 1.63 bits per heavy atom. The lowest BCUT2D eigenvalue weighted by atomic mass is 9.87. The van der Waals surface area contributed by atoms with E-state index in [1.54, 1.807) is 0 Å². The minimum atomic E-state index is 0.0198. The second kappa shape index (κ2) is 5.32. The van der Waals surface area contributed by atoms with Crippen molar-refractivity contribution in [3.8, 4) is 0 Å². The molecule has 0 saturated carbocycles. The smallest absolute Gasteiger partial charge is 0.0519 e. The Hall–Kier alpha value is -1.38. The van der Waals surface area contributed by atoms with Gasteiger partial charge in [-0.15, -0.1) is 0 Å². The van der Waals surface area contributed by atoms with Gasteiger partial charge in [-0.05, 0) is 57.4 Å². The molecule has 0 aromatic heterocycles. The highest BCUT2D eigenvalue weighted by Crippen LogP contribution is 2.31. The molecule has 0 aliphatic carbocycles. The van der Waals surface area contributed by atoms with E-state index in [0.29, 0.717) is 6.04 Å². The van der Waals surface area contributed by atoms with Gasteiger partial charge in [-0.25, -0.2) is 0 Å². The Morgan fingerprint density at radius 1 is 1.00 bits per heavy atom. The van der Waals surface area contributed by atoms with Crippen LogP contribution in [-0.4, -0.2) is 31.6 Å². The summed E-state index contributed by atoms with van der Waals surface area (Å²) in [4.78, 5) is 2.28. The van der Waals surface area contributed by atoms with Crippen LogP contribution in [0.15, 0.2) is 42.5 Å². The Bertz CT molecular complexity index is 558. The van der Waals surface area contributed by atoms with Crippen LogP contribution in [0.5, 0.6) is 0 Å². The van der Waals surface area contributed by atoms with Crippen LogP contribution in [-0.2, 0) is 0 Å². The SMILES string of the molecule is CNC(C)(C)C(c1ccc2ccccc2c1)N(C)C. The van der Waals surface area contributed by atoms with Crippen LogP contribution in [0, 0.1) is 0 Å². The first kappa shape index (κ1) is 14.0. The highest BCUT2D eigenvalue weighted by atomic mass is 15.2. The average molecular weight is 256 g/mol. The van der Waals surface area contributed by atoms with Crippen LogP contribution < -0.4 is 5.32 Å². The maximum absolute atomic E-state index is 3.43. The van der Waals surface area contributed by atoms with E-state index >= 15 is 0 Å². The standard InChI is InChI=1S/C17H24N2/c1-17(2,18-3)16(19(4)5)15-11-10-13-8-6-7-9-14(13)12-15/h6-12,16,18H,1-5H3. The van der Waals surface area contributed by atoms with Crippen molar-refractivity contribution in [2.45, 2.75) is 25.4 Å². The lowest BCUT2D eigenvalue weighted by Gasteiger charge is -2.39. The molecule has 0 radical (unpaired) electrons. The summed E-state index contributed by atoms with van der Waals surface area (Å²) in [6.45, 7) is 4.49. The highest BCUT2D eigenvalue weighted by molar-refractivity contribution is 5.83. The molecule has 2 nitrogen and oxygen atoms in total. The van der Waals surface area contributed by atoms with E-state index in [1.807, 2.05) is 7.05 Å². The summed E-state index contributed by atoms with van der Waals surface area (Å²) in [5.41, 5.74) is 1.37. The van der Waals surface area contributed by atoms with E-state index < -0.39 is 0 Å². The second-order valence-corrected chi connectivity index (χ2v) is 5.94. The summed E-state index contributed by atoms with van der Waals surface area (Å²) >= 11 is 0. The predicted molar refractivity (Wildman–Crippen MR) is 83.5 cm³/mol.